The van der Waals surface area contributed by atoms with Crippen LogP contribution in [-0.4, -0.2) is 10.9 Å². The maximum absolute atomic E-state index is 12.6. The van der Waals surface area contributed by atoms with E-state index in [0.717, 1.165) is 5.56 Å². The van der Waals surface area contributed by atoms with Crippen LogP contribution >= 0.6 is 23.2 Å². The molecule has 126 valence electrons. The van der Waals surface area contributed by atoms with Gasteiger partial charge in [-0.05, 0) is 60.2 Å². The average molecular weight is 372 g/mol. The zero-order chi connectivity index (χ0) is 17.6. The molecule has 6 heteroatoms. The summed E-state index contributed by atoms with van der Waals surface area (Å²) in [5.41, 5.74) is 2.90. The molecule has 0 fully saturated rings. The molecule has 0 radical (unpaired) electrons. The number of halogens is 2. The number of hydrogen-bond acceptors (Lipinski definition) is 3. The third kappa shape index (κ3) is 4.72. The van der Waals surface area contributed by atoms with E-state index in [0.29, 0.717) is 33.5 Å². The topological polar surface area (TPSA) is 54.0 Å². The van der Waals surface area contributed by atoms with Crippen LogP contribution in [-0.2, 0) is 6.54 Å². The first-order chi connectivity index (χ1) is 12.1. The minimum absolute atomic E-state index is 0.248. The predicted molar refractivity (Wildman–Crippen MR) is 102 cm³/mol. The van der Waals surface area contributed by atoms with Gasteiger partial charge in [0.15, 0.2) is 0 Å². The molecule has 0 atom stereocenters. The van der Waals surface area contributed by atoms with Crippen molar-refractivity contribution in [3.05, 3.63) is 88.2 Å². The van der Waals surface area contributed by atoms with Gasteiger partial charge in [0.05, 0.1) is 5.56 Å². The molecule has 0 saturated carbocycles. The summed E-state index contributed by atoms with van der Waals surface area (Å²) in [7, 11) is 0. The summed E-state index contributed by atoms with van der Waals surface area (Å²) in [5, 5.41) is 7.22. The van der Waals surface area contributed by atoms with Gasteiger partial charge in [0.25, 0.3) is 5.91 Å². The summed E-state index contributed by atoms with van der Waals surface area (Å²) in [4.78, 5) is 16.6. The van der Waals surface area contributed by atoms with Gasteiger partial charge in [-0.1, -0.05) is 23.2 Å². The Bertz CT molecular complexity index is 868. The Balaban J connectivity index is 1.78. The molecular formula is C19H15Cl2N3O. The van der Waals surface area contributed by atoms with Crippen LogP contribution in [0.25, 0.3) is 0 Å². The fraction of sp³-hybridized carbons (Fsp3) is 0.0526. The van der Waals surface area contributed by atoms with Crippen molar-refractivity contribution in [2.24, 2.45) is 0 Å². The highest BCUT2D eigenvalue weighted by Gasteiger charge is 2.12. The molecule has 0 spiro atoms. The van der Waals surface area contributed by atoms with Crippen LogP contribution in [0.1, 0.15) is 15.9 Å². The largest absolute Gasteiger partial charge is 0.380 e. The first-order valence-electron chi connectivity index (χ1n) is 7.61. The van der Waals surface area contributed by atoms with Gasteiger partial charge >= 0.3 is 0 Å². The van der Waals surface area contributed by atoms with Crippen molar-refractivity contribution in [3.63, 3.8) is 0 Å². The fourth-order valence-electron chi connectivity index (χ4n) is 2.29. The summed E-state index contributed by atoms with van der Waals surface area (Å²) in [6.07, 6.45) is 3.46. The highest BCUT2D eigenvalue weighted by molar-refractivity contribution is 6.31. The number of amides is 1. The molecule has 0 aliphatic carbocycles. The molecule has 1 heterocycles. The molecule has 1 aromatic heterocycles. The lowest BCUT2D eigenvalue weighted by Gasteiger charge is -2.13. The molecule has 0 aliphatic rings. The van der Waals surface area contributed by atoms with Crippen LogP contribution in [0.2, 0.25) is 10.0 Å². The van der Waals surface area contributed by atoms with Crippen molar-refractivity contribution in [1.29, 1.82) is 0 Å². The molecule has 0 aliphatic heterocycles. The van der Waals surface area contributed by atoms with E-state index in [-0.39, 0.29) is 5.91 Å². The number of nitrogens with one attached hydrogen (secondary N) is 2. The third-order valence-corrected chi connectivity index (χ3v) is 4.05. The number of pyridine rings is 1. The van der Waals surface area contributed by atoms with Crippen molar-refractivity contribution in [1.82, 2.24) is 4.98 Å². The van der Waals surface area contributed by atoms with Crippen molar-refractivity contribution < 1.29 is 4.79 Å². The molecule has 0 bridgehead atoms. The number of hydrogen-bond donors (Lipinski definition) is 2. The van der Waals surface area contributed by atoms with Crippen LogP contribution < -0.4 is 10.6 Å². The molecule has 2 aromatic carbocycles. The third-order valence-electron chi connectivity index (χ3n) is 3.56. The summed E-state index contributed by atoms with van der Waals surface area (Å²) >= 11 is 11.9. The number of aromatic nitrogens is 1. The molecular weight excluding hydrogens is 357 g/mol. The smallest absolute Gasteiger partial charge is 0.257 e. The van der Waals surface area contributed by atoms with Crippen LogP contribution in [0.5, 0.6) is 0 Å². The molecule has 2 N–H and O–H groups in total. The molecule has 4 nitrogen and oxygen atoms in total. The Hall–Kier alpha value is -2.56. The van der Waals surface area contributed by atoms with E-state index in [1.165, 1.54) is 0 Å². The highest BCUT2D eigenvalue weighted by Crippen LogP contribution is 2.23. The van der Waals surface area contributed by atoms with E-state index in [1.807, 2.05) is 12.1 Å². The maximum atomic E-state index is 12.6. The molecule has 0 saturated heterocycles. The normalized spacial score (nSPS) is 10.3. The summed E-state index contributed by atoms with van der Waals surface area (Å²) in [6, 6.07) is 15.9. The van der Waals surface area contributed by atoms with E-state index >= 15 is 0 Å². The van der Waals surface area contributed by atoms with E-state index in [1.54, 1.807) is 54.9 Å². The van der Waals surface area contributed by atoms with Gasteiger partial charge in [-0.3, -0.25) is 9.78 Å². The minimum Gasteiger partial charge on any atom is -0.380 e. The van der Waals surface area contributed by atoms with E-state index in [9.17, 15) is 4.79 Å². The Morgan fingerprint density at radius 3 is 2.32 bits per heavy atom. The Morgan fingerprint density at radius 2 is 1.60 bits per heavy atom. The highest BCUT2D eigenvalue weighted by atomic mass is 35.5. The second kappa shape index (κ2) is 8.01. The SMILES string of the molecule is O=C(Nc1ccc(Cl)cc1)c1cc(Cl)ccc1NCc1ccncc1. The van der Waals surface area contributed by atoms with Crippen molar-refractivity contribution in [3.8, 4) is 0 Å². The molecule has 1 amide bonds. The van der Waals surface area contributed by atoms with Gasteiger partial charge in [0.2, 0.25) is 0 Å². The van der Waals surface area contributed by atoms with Crippen LogP contribution in [0.15, 0.2) is 67.0 Å². The molecule has 3 rings (SSSR count). The van der Waals surface area contributed by atoms with Gasteiger partial charge in [0.1, 0.15) is 0 Å². The molecule has 25 heavy (non-hydrogen) atoms. The number of nitrogens with zero attached hydrogens (tertiary/aromatic N) is 1. The zero-order valence-electron chi connectivity index (χ0n) is 13.2. The van der Waals surface area contributed by atoms with Crippen LogP contribution in [0.4, 0.5) is 11.4 Å². The fourth-order valence-corrected chi connectivity index (χ4v) is 2.59. The second-order valence-electron chi connectivity index (χ2n) is 5.36. The van der Waals surface area contributed by atoms with E-state index in [4.69, 9.17) is 23.2 Å². The second-order valence-corrected chi connectivity index (χ2v) is 6.23. The standard InChI is InChI=1S/C19H15Cl2N3O/c20-14-1-4-16(5-2-14)24-19(25)17-11-15(21)3-6-18(17)23-12-13-7-9-22-10-8-13/h1-11,23H,12H2,(H,24,25). The number of rotatable bonds is 5. The van der Waals surface area contributed by atoms with Crippen LogP contribution in [0.3, 0.4) is 0 Å². The quantitative estimate of drug-likeness (QED) is 0.643. The zero-order valence-corrected chi connectivity index (χ0v) is 14.7. The van der Waals surface area contributed by atoms with Crippen molar-refractivity contribution >= 4 is 40.5 Å². The van der Waals surface area contributed by atoms with E-state index in [2.05, 4.69) is 15.6 Å². The van der Waals surface area contributed by atoms with Crippen molar-refractivity contribution in [2.45, 2.75) is 6.54 Å². The lowest BCUT2D eigenvalue weighted by atomic mass is 10.1. The Morgan fingerprint density at radius 1 is 0.920 bits per heavy atom. The van der Waals surface area contributed by atoms with Gasteiger partial charge in [-0.2, -0.15) is 0 Å². The molecule has 0 unspecified atom stereocenters. The number of anilines is 2. The Labute approximate surface area is 155 Å². The number of carbonyl (C=O) groups excluding carboxylic acids is 1. The number of carbonyl (C=O) groups is 1. The summed E-state index contributed by atoms with van der Waals surface area (Å²) < 4.78 is 0. The molecule has 3 aromatic rings. The average Bonchev–Trinajstić information content (AvgIpc) is 2.63. The van der Waals surface area contributed by atoms with Gasteiger partial charge in [0, 0.05) is 40.4 Å². The summed E-state index contributed by atoms with van der Waals surface area (Å²) in [6.45, 7) is 0.575. The predicted octanol–water partition coefficient (Wildman–Crippen LogP) is 5.25. The van der Waals surface area contributed by atoms with Crippen LogP contribution in [0, 0.1) is 0 Å². The lowest BCUT2D eigenvalue weighted by Crippen LogP contribution is -2.15. The van der Waals surface area contributed by atoms with Gasteiger partial charge in [-0.15, -0.1) is 0 Å². The van der Waals surface area contributed by atoms with Gasteiger partial charge in [-0.25, -0.2) is 0 Å². The van der Waals surface area contributed by atoms with E-state index < -0.39 is 0 Å². The summed E-state index contributed by atoms with van der Waals surface area (Å²) in [5.74, 6) is -0.248. The maximum Gasteiger partial charge on any atom is 0.257 e. The monoisotopic (exact) mass is 371 g/mol. The first kappa shape index (κ1) is 17.3. The number of benzene rings is 2. The lowest BCUT2D eigenvalue weighted by molar-refractivity contribution is 0.102. The van der Waals surface area contributed by atoms with Crippen molar-refractivity contribution in [2.75, 3.05) is 10.6 Å². The Kier molecular flexibility index (Phi) is 5.53. The minimum atomic E-state index is -0.248. The first-order valence-corrected chi connectivity index (χ1v) is 8.36. The van der Waals surface area contributed by atoms with Gasteiger partial charge < -0.3 is 10.6 Å².